The van der Waals surface area contributed by atoms with E-state index < -0.39 is 0 Å². The number of hydrogen-bond donors (Lipinski definition) is 1. The van der Waals surface area contributed by atoms with E-state index >= 15 is 0 Å². The van der Waals surface area contributed by atoms with E-state index in [2.05, 4.69) is 5.32 Å². The van der Waals surface area contributed by atoms with Crippen molar-refractivity contribution in [1.82, 2.24) is 9.88 Å². The number of aromatic nitrogens is 1. The van der Waals surface area contributed by atoms with E-state index in [1.807, 2.05) is 19.1 Å². The molecule has 1 heterocycles. The lowest BCUT2D eigenvalue weighted by atomic mass is 10.1. The van der Waals surface area contributed by atoms with Gasteiger partial charge in [-0.3, -0.25) is 4.79 Å². The summed E-state index contributed by atoms with van der Waals surface area (Å²) in [6.07, 6.45) is 1.76. The van der Waals surface area contributed by atoms with E-state index in [0.717, 1.165) is 5.56 Å². The Hall–Kier alpha value is -1.94. The molecule has 4 heteroatoms. The quantitative estimate of drug-likeness (QED) is 0.895. The van der Waals surface area contributed by atoms with Crippen molar-refractivity contribution in [2.75, 3.05) is 6.54 Å². The van der Waals surface area contributed by atoms with Crippen LogP contribution in [-0.2, 0) is 6.54 Å². The van der Waals surface area contributed by atoms with E-state index in [0.29, 0.717) is 13.1 Å². The maximum Gasteiger partial charge on any atom is 0.250 e. The van der Waals surface area contributed by atoms with Crippen molar-refractivity contribution in [2.24, 2.45) is 0 Å². The van der Waals surface area contributed by atoms with Gasteiger partial charge in [0.15, 0.2) is 0 Å². The zero-order valence-electron chi connectivity index (χ0n) is 10.8. The summed E-state index contributed by atoms with van der Waals surface area (Å²) in [5.74, 6) is -0.231. The lowest BCUT2D eigenvalue weighted by Crippen LogP contribution is -2.27. The predicted molar refractivity (Wildman–Crippen MR) is 73.5 cm³/mol. The molecule has 0 bridgehead atoms. The fourth-order valence-corrected chi connectivity index (χ4v) is 1.94. The van der Waals surface area contributed by atoms with Crippen molar-refractivity contribution in [3.63, 3.8) is 0 Å². The van der Waals surface area contributed by atoms with Gasteiger partial charge in [0.05, 0.1) is 0 Å². The first-order valence-electron chi connectivity index (χ1n) is 6.31. The van der Waals surface area contributed by atoms with Crippen LogP contribution in [0.3, 0.4) is 0 Å². The second kappa shape index (κ2) is 6.29. The average molecular weight is 260 g/mol. The van der Waals surface area contributed by atoms with Gasteiger partial charge in [-0.25, -0.2) is 4.39 Å². The summed E-state index contributed by atoms with van der Waals surface area (Å²) in [6, 6.07) is 11.7. The van der Waals surface area contributed by atoms with E-state index in [9.17, 15) is 9.18 Å². The molecular weight excluding hydrogens is 243 g/mol. The summed E-state index contributed by atoms with van der Waals surface area (Å²) < 4.78 is 14.7. The number of nitrogens with zero attached hydrogens (tertiary/aromatic N) is 1. The highest BCUT2D eigenvalue weighted by atomic mass is 19.1. The van der Waals surface area contributed by atoms with Gasteiger partial charge in [0, 0.05) is 31.4 Å². The van der Waals surface area contributed by atoms with Gasteiger partial charge >= 0.3 is 0 Å². The van der Waals surface area contributed by atoms with Crippen LogP contribution in [0.2, 0.25) is 0 Å². The summed E-state index contributed by atoms with van der Waals surface area (Å²) in [4.78, 5) is 11.5. The molecule has 0 saturated heterocycles. The highest BCUT2D eigenvalue weighted by Crippen LogP contribution is 2.12. The molecule has 0 aliphatic rings. The van der Waals surface area contributed by atoms with E-state index in [4.69, 9.17) is 0 Å². The molecule has 1 aromatic carbocycles. The minimum Gasteiger partial charge on any atom is -0.314 e. The second-order valence-electron chi connectivity index (χ2n) is 4.46. The number of pyridine rings is 1. The Morgan fingerprint density at radius 1 is 1.26 bits per heavy atom. The van der Waals surface area contributed by atoms with Gasteiger partial charge in [-0.05, 0) is 30.7 Å². The highest BCUT2D eigenvalue weighted by Gasteiger charge is 2.05. The zero-order chi connectivity index (χ0) is 13.7. The van der Waals surface area contributed by atoms with Crippen LogP contribution in [0.4, 0.5) is 4.39 Å². The smallest absolute Gasteiger partial charge is 0.250 e. The van der Waals surface area contributed by atoms with Gasteiger partial charge in [0.2, 0.25) is 0 Å². The lowest BCUT2D eigenvalue weighted by Gasteiger charge is -2.14. The fraction of sp³-hybridized carbons (Fsp3) is 0.267. The number of nitrogens with one attached hydrogen (secondary N) is 1. The molecular formula is C15H17FN2O. The van der Waals surface area contributed by atoms with Gasteiger partial charge in [-0.2, -0.15) is 0 Å². The van der Waals surface area contributed by atoms with Crippen LogP contribution >= 0.6 is 0 Å². The third kappa shape index (κ3) is 3.76. The fourth-order valence-electron chi connectivity index (χ4n) is 1.94. The lowest BCUT2D eigenvalue weighted by molar-refractivity contribution is 0.521. The maximum atomic E-state index is 13.1. The molecule has 0 radical (unpaired) electrons. The minimum atomic E-state index is -0.231. The molecule has 19 heavy (non-hydrogen) atoms. The Morgan fingerprint density at radius 3 is 2.84 bits per heavy atom. The summed E-state index contributed by atoms with van der Waals surface area (Å²) in [7, 11) is 0. The third-order valence-electron chi connectivity index (χ3n) is 3.05. The van der Waals surface area contributed by atoms with Crippen LogP contribution in [-0.4, -0.2) is 11.1 Å². The molecule has 0 amide bonds. The van der Waals surface area contributed by atoms with Crippen LogP contribution < -0.4 is 10.9 Å². The first-order chi connectivity index (χ1) is 9.16. The predicted octanol–water partition coefficient (Wildman–Crippen LogP) is 2.34. The Labute approximate surface area is 111 Å². The van der Waals surface area contributed by atoms with Gasteiger partial charge in [0.25, 0.3) is 5.56 Å². The van der Waals surface area contributed by atoms with Crippen LogP contribution in [0, 0.1) is 5.82 Å². The summed E-state index contributed by atoms with van der Waals surface area (Å²) in [5.41, 5.74) is 0.892. The van der Waals surface area contributed by atoms with Gasteiger partial charge in [-0.15, -0.1) is 0 Å². The third-order valence-corrected chi connectivity index (χ3v) is 3.05. The summed E-state index contributed by atoms with van der Waals surface area (Å²) in [6.45, 7) is 3.23. The van der Waals surface area contributed by atoms with Gasteiger partial charge in [0.1, 0.15) is 5.82 Å². The molecule has 0 saturated carbocycles. The monoisotopic (exact) mass is 260 g/mol. The van der Waals surface area contributed by atoms with Crippen molar-refractivity contribution in [2.45, 2.75) is 19.5 Å². The van der Waals surface area contributed by atoms with Crippen molar-refractivity contribution < 1.29 is 4.39 Å². The van der Waals surface area contributed by atoms with E-state index in [-0.39, 0.29) is 17.4 Å². The largest absolute Gasteiger partial charge is 0.314 e. The SMILES string of the molecule is C[C@H](NCCn1ccccc1=O)c1cccc(F)c1. The van der Waals surface area contributed by atoms with Crippen molar-refractivity contribution >= 4 is 0 Å². The number of benzene rings is 1. The standard InChI is InChI=1S/C15H17FN2O/c1-12(13-5-4-6-14(16)11-13)17-8-10-18-9-3-2-7-15(18)19/h2-7,9,11-12,17H,8,10H2,1H3/t12-/m0/s1. The van der Waals surface area contributed by atoms with Crippen LogP contribution in [0.1, 0.15) is 18.5 Å². The zero-order valence-corrected chi connectivity index (χ0v) is 10.8. The molecule has 1 aromatic heterocycles. The molecule has 1 atom stereocenters. The van der Waals surface area contributed by atoms with Gasteiger partial charge in [-0.1, -0.05) is 18.2 Å². The second-order valence-corrected chi connectivity index (χ2v) is 4.46. The Balaban J connectivity index is 1.89. The molecule has 3 nitrogen and oxygen atoms in total. The van der Waals surface area contributed by atoms with Crippen LogP contribution in [0.25, 0.3) is 0 Å². The molecule has 0 fully saturated rings. The number of hydrogen-bond acceptors (Lipinski definition) is 2. The van der Waals surface area contributed by atoms with Crippen molar-refractivity contribution in [3.05, 3.63) is 70.4 Å². The van der Waals surface area contributed by atoms with Crippen molar-refractivity contribution in [3.8, 4) is 0 Å². The molecule has 0 aliphatic carbocycles. The van der Waals surface area contributed by atoms with Crippen LogP contribution in [0.15, 0.2) is 53.5 Å². The molecule has 0 aliphatic heterocycles. The maximum absolute atomic E-state index is 13.1. The Kier molecular flexibility index (Phi) is 4.47. The van der Waals surface area contributed by atoms with E-state index in [1.165, 1.54) is 18.2 Å². The molecule has 1 N–H and O–H groups in total. The number of halogens is 1. The highest BCUT2D eigenvalue weighted by molar-refractivity contribution is 5.19. The first kappa shape index (κ1) is 13.5. The van der Waals surface area contributed by atoms with Gasteiger partial charge < -0.3 is 9.88 Å². The van der Waals surface area contributed by atoms with E-state index in [1.54, 1.807) is 22.9 Å². The Morgan fingerprint density at radius 2 is 2.11 bits per heavy atom. The molecule has 0 unspecified atom stereocenters. The summed E-state index contributed by atoms with van der Waals surface area (Å²) >= 11 is 0. The topological polar surface area (TPSA) is 34.0 Å². The Bertz CT molecular complexity index is 594. The average Bonchev–Trinajstić information content (AvgIpc) is 2.41. The number of rotatable bonds is 5. The molecule has 2 aromatic rings. The first-order valence-corrected chi connectivity index (χ1v) is 6.31. The minimum absolute atomic E-state index is 0.0114. The molecule has 0 spiro atoms. The molecule has 100 valence electrons. The van der Waals surface area contributed by atoms with Crippen molar-refractivity contribution in [1.29, 1.82) is 0 Å². The summed E-state index contributed by atoms with van der Waals surface area (Å²) in [5, 5.41) is 3.28. The normalized spacial score (nSPS) is 12.3. The van der Waals surface area contributed by atoms with Crippen LogP contribution in [0.5, 0.6) is 0 Å². The molecule has 2 rings (SSSR count).